The number of nitrogen functional groups attached to an aromatic ring is 1. The van der Waals surface area contributed by atoms with Crippen molar-refractivity contribution in [2.75, 3.05) is 30.9 Å². The van der Waals surface area contributed by atoms with Crippen LogP contribution in [0.3, 0.4) is 0 Å². The fraction of sp³-hybridized carbons (Fsp3) is 0.545. The molecule has 1 unspecified atom stereocenters. The van der Waals surface area contributed by atoms with Gasteiger partial charge in [-0.15, -0.1) is 0 Å². The first-order valence-electron chi connectivity index (χ1n) is 5.26. The van der Waals surface area contributed by atoms with Crippen molar-refractivity contribution >= 4 is 27.4 Å². The predicted octanol–water partition coefficient (Wildman–Crippen LogP) is 2.29. The highest BCUT2D eigenvalue weighted by Crippen LogP contribution is 2.25. The fourth-order valence-corrected chi connectivity index (χ4v) is 2.04. The molecule has 0 aliphatic carbocycles. The van der Waals surface area contributed by atoms with Gasteiger partial charge in [-0.05, 0) is 35.8 Å². The van der Waals surface area contributed by atoms with Gasteiger partial charge in [0, 0.05) is 24.3 Å². The Bertz CT molecular complexity index is 346. The lowest BCUT2D eigenvalue weighted by Crippen LogP contribution is -2.37. The lowest BCUT2D eigenvalue weighted by atomic mass is 10.2. The third-order valence-electron chi connectivity index (χ3n) is 2.41. The van der Waals surface area contributed by atoms with Gasteiger partial charge >= 0.3 is 0 Å². The number of aromatic nitrogens is 1. The summed E-state index contributed by atoms with van der Waals surface area (Å²) in [5.41, 5.74) is 6.64. The van der Waals surface area contributed by atoms with E-state index in [9.17, 15) is 0 Å². The zero-order chi connectivity index (χ0) is 12.1. The summed E-state index contributed by atoms with van der Waals surface area (Å²) < 4.78 is 6.04. The van der Waals surface area contributed by atoms with Crippen LogP contribution in [0.4, 0.5) is 11.5 Å². The van der Waals surface area contributed by atoms with Gasteiger partial charge in [-0.1, -0.05) is 0 Å². The Morgan fingerprint density at radius 3 is 2.81 bits per heavy atom. The van der Waals surface area contributed by atoms with E-state index in [-0.39, 0.29) is 6.04 Å². The summed E-state index contributed by atoms with van der Waals surface area (Å²) in [6.07, 6.45) is 1.76. The lowest BCUT2D eigenvalue weighted by molar-refractivity contribution is 0.181. The molecule has 0 fully saturated rings. The van der Waals surface area contributed by atoms with Crippen LogP contribution in [0.25, 0.3) is 0 Å². The third kappa shape index (κ3) is 3.09. The van der Waals surface area contributed by atoms with Crippen LogP contribution in [0.5, 0.6) is 0 Å². The maximum Gasteiger partial charge on any atom is 0.152 e. The van der Waals surface area contributed by atoms with Crippen molar-refractivity contribution in [2.45, 2.75) is 19.9 Å². The van der Waals surface area contributed by atoms with Gasteiger partial charge in [0.1, 0.15) is 0 Å². The zero-order valence-electron chi connectivity index (χ0n) is 9.90. The average molecular weight is 288 g/mol. The largest absolute Gasteiger partial charge is 0.396 e. The van der Waals surface area contributed by atoms with Gasteiger partial charge in [-0.3, -0.25) is 0 Å². The Morgan fingerprint density at radius 1 is 1.62 bits per heavy atom. The number of nitrogens with two attached hydrogens (primary N) is 1. The molecule has 0 bridgehead atoms. The number of methoxy groups -OCH3 is 1. The summed E-state index contributed by atoms with van der Waals surface area (Å²) in [6, 6.07) is 2.12. The van der Waals surface area contributed by atoms with E-state index in [1.807, 2.05) is 6.07 Å². The van der Waals surface area contributed by atoms with E-state index in [1.54, 1.807) is 13.3 Å². The molecule has 0 saturated heterocycles. The number of anilines is 2. The van der Waals surface area contributed by atoms with Gasteiger partial charge in [-0.2, -0.15) is 0 Å². The Morgan fingerprint density at radius 2 is 2.31 bits per heavy atom. The number of halogens is 1. The van der Waals surface area contributed by atoms with Crippen LogP contribution in [0.15, 0.2) is 16.7 Å². The lowest BCUT2D eigenvalue weighted by Gasteiger charge is -2.29. The molecule has 0 spiro atoms. The standard InChI is InChI=1S/C11H18BrN3O/c1-4-15(8(2)7-16-3)11-10(13)5-9(12)6-14-11/h5-6,8H,4,7,13H2,1-3H3. The molecule has 1 heterocycles. The SMILES string of the molecule is CCN(c1ncc(Br)cc1N)C(C)COC. The number of hydrogen-bond acceptors (Lipinski definition) is 4. The van der Waals surface area contributed by atoms with Gasteiger partial charge in [0.25, 0.3) is 0 Å². The van der Waals surface area contributed by atoms with E-state index in [0.29, 0.717) is 12.3 Å². The summed E-state index contributed by atoms with van der Waals surface area (Å²) in [7, 11) is 1.70. The molecule has 90 valence electrons. The molecule has 0 amide bonds. The number of nitrogens with zero attached hydrogens (tertiary/aromatic N) is 2. The molecule has 4 nitrogen and oxygen atoms in total. The molecule has 0 radical (unpaired) electrons. The highest BCUT2D eigenvalue weighted by atomic mass is 79.9. The van der Waals surface area contributed by atoms with Crippen LogP contribution >= 0.6 is 15.9 Å². The molecule has 0 aliphatic rings. The van der Waals surface area contributed by atoms with Crippen LogP contribution < -0.4 is 10.6 Å². The van der Waals surface area contributed by atoms with Gasteiger partial charge in [0.2, 0.25) is 0 Å². The molecular formula is C11H18BrN3O. The first kappa shape index (κ1) is 13.3. The second-order valence-electron chi connectivity index (χ2n) is 3.66. The number of hydrogen-bond donors (Lipinski definition) is 1. The van der Waals surface area contributed by atoms with Crippen molar-refractivity contribution in [3.8, 4) is 0 Å². The average Bonchev–Trinajstić information content (AvgIpc) is 2.22. The Hall–Kier alpha value is -0.810. The highest BCUT2D eigenvalue weighted by molar-refractivity contribution is 9.10. The van der Waals surface area contributed by atoms with Crippen LogP contribution in [0.1, 0.15) is 13.8 Å². The summed E-state index contributed by atoms with van der Waals surface area (Å²) in [4.78, 5) is 6.48. The molecule has 16 heavy (non-hydrogen) atoms. The normalized spacial score (nSPS) is 12.5. The Kier molecular flexibility index (Phi) is 5.02. The summed E-state index contributed by atoms with van der Waals surface area (Å²) >= 11 is 3.35. The van der Waals surface area contributed by atoms with Gasteiger partial charge in [0.05, 0.1) is 18.3 Å². The third-order valence-corrected chi connectivity index (χ3v) is 2.85. The minimum Gasteiger partial charge on any atom is -0.396 e. The van der Waals surface area contributed by atoms with Crippen LogP contribution in [0.2, 0.25) is 0 Å². The maximum atomic E-state index is 5.96. The number of rotatable bonds is 5. The molecule has 1 atom stereocenters. The minimum absolute atomic E-state index is 0.256. The van der Waals surface area contributed by atoms with Gasteiger partial charge in [0.15, 0.2) is 5.82 Å². The molecule has 5 heteroatoms. The van der Waals surface area contributed by atoms with Crippen molar-refractivity contribution in [3.63, 3.8) is 0 Å². The summed E-state index contributed by atoms with van der Waals surface area (Å²) in [5, 5.41) is 0. The number of likely N-dealkylation sites (N-methyl/N-ethyl adjacent to an activating group) is 1. The van der Waals surface area contributed by atoms with Crippen molar-refractivity contribution in [2.24, 2.45) is 0 Å². The van der Waals surface area contributed by atoms with E-state index in [0.717, 1.165) is 16.8 Å². The summed E-state index contributed by atoms with van der Waals surface area (Å²) in [6.45, 7) is 5.68. The van der Waals surface area contributed by atoms with E-state index in [1.165, 1.54) is 0 Å². The first-order valence-corrected chi connectivity index (χ1v) is 6.06. The predicted molar refractivity (Wildman–Crippen MR) is 70.7 cm³/mol. The van der Waals surface area contributed by atoms with Crippen LogP contribution in [0, 0.1) is 0 Å². The van der Waals surface area contributed by atoms with E-state index < -0.39 is 0 Å². The second-order valence-corrected chi connectivity index (χ2v) is 4.57. The smallest absolute Gasteiger partial charge is 0.152 e. The van der Waals surface area contributed by atoms with Crippen molar-refractivity contribution in [1.29, 1.82) is 0 Å². The molecule has 1 rings (SSSR count). The van der Waals surface area contributed by atoms with Crippen LogP contribution in [-0.2, 0) is 4.74 Å². The van der Waals surface area contributed by atoms with E-state index in [2.05, 4.69) is 39.7 Å². The fourth-order valence-electron chi connectivity index (χ4n) is 1.69. The van der Waals surface area contributed by atoms with E-state index >= 15 is 0 Å². The number of ether oxygens (including phenoxy) is 1. The molecule has 1 aromatic rings. The highest BCUT2D eigenvalue weighted by Gasteiger charge is 2.16. The molecule has 0 aromatic carbocycles. The van der Waals surface area contributed by atoms with E-state index in [4.69, 9.17) is 10.5 Å². The maximum absolute atomic E-state index is 5.96. The minimum atomic E-state index is 0.256. The summed E-state index contributed by atoms with van der Waals surface area (Å²) in [5.74, 6) is 0.815. The van der Waals surface area contributed by atoms with Gasteiger partial charge in [-0.25, -0.2) is 4.98 Å². The molecule has 0 saturated carbocycles. The quantitative estimate of drug-likeness (QED) is 0.903. The van der Waals surface area contributed by atoms with Gasteiger partial charge < -0.3 is 15.4 Å². The molecule has 1 aromatic heterocycles. The first-order chi connectivity index (χ1) is 7.60. The molecule has 0 aliphatic heterocycles. The van der Waals surface area contributed by atoms with Crippen LogP contribution in [-0.4, -0.2) is 31.3 Å². The van der Waals surface area contributed by atoms with Crippen molar-refractivity contribution in [1.82, 2.24) is 4.98 Å². The topological polar surface area (TPSA) is 51.4 Å². The molecule has 2 N–H and O–H groups in total. The molecular weight excluding hydrogens is 270 g/mol. The monoisotopic (exact) mass is 287 g/mol. The Labute approximate surface area is 105 Å². The Balaban J connectivity index is 2.94. The van der Waals surface area contributed by atoms with Crippen molar-refractivity contribution < 1.29 is 4.74 Å². The van der Waals surface area contributed by atoms with Crippen molar-refractivity contribution in [3.05, 3.63) is 16.7 Å². The zero-order valence-corrected chi connectivity index (χ0v) is 11.5. The second kappa shape index (κ2) is 6.06. The number of pyridine rings is 1.